The molecule has 1 aromatic rings. The molecule has 0 heterocycles. The number of nitrogens with two attached hydrogens (primary N) is 1. The normalized spacial score (nSPS) is 10.2. The summed E-state index contributed by atoms with van der Waals surface area (Å²) in [6, 6.07) is 5.35. The van der Waals surface area contributed by atoms with E-state index in [1.165, 1.54) is 0 Å². The van der Waals surface area contributed by atoms with Gasteiger partial charge in [0, 0.05) is 10.9 Å². The van der Waals surface area contributed by atoms with Crippen LogP contribution in [0.2, 0.25) is 5.02 Å². The maximum Gasteiger partial charge on any atom is 0.224 e. The molecule has 0 atom stereocenters. The van der Waals surface area contributed by atoms with Crippen molar-refractivity contribution in [2.75, 3.05) is 11.9 Å². The van der Waals surface area contributed by atoms with Crippen LogP contribution in [0, 0.1) is 0 Å². The summed E-state index contributed by atoms with van der Waals surface area (Å²) in [6.45, 7) is 0.617. The minimum Gasteiger partial charge on any atom is -0.330 e. The summed E-state index contributed by atoms with van der Waals surface area (Å²) >= 11 is 9.27. The van der Waals surface area contributed by atoms with Gasteiger partial charge >= 0.3 is 0 Å². The topological polar surface area (TPSA) is 55.1 Å². The van der Waals surface area contributed by atoms with Gasteiger partial charge in [0.25, 0.3) is 0 Å². The maximum absolute atomic E-state index is 11.5. The number of amides is 1. The molecule has 0 radical (unpaired) electrons. The number of rotatable bonds is 5. The van der Waals surface area contributed by atoms with Gasteiger partial charge in [0.1, 0.15) is 0 Å². The monoisotopic (exact) mass is 304 g/mol. The van der Waals surface area contributed by atoms with E-state index in [0.29, 0.717) is 23.7 Å². The molecule has 3 N–H and O–H groups in total. The van der Waals surface area contributed by atoms with Crippen molar-refractivity contribution in [3.05, 3.63) is 27.7 Å². The lowest BCUT2D eigenvalue weighted by Gasteiger charge is -2.07. The lowest BCUT2D eigenvalue weighted by Crippen LogP contribution is -2.12. The SMILES string of the molecule is NCCCCC(=O)Nc1ccc(Br)cc1Cl. The zero-order chi connectivity index (χ0) is 12.0. The molecule has 0 fully saturated rings. The van der Waals surface area contributed by atoms with E-state index in [9.17, 15) is 4.79 Å². The van der Waals surface area contributed by atoms with Crippen LogP contribution in [0.5, 0.6) is 0 Å². The molecule has 0 bridgehead atoms. The summed E-state index contributed by atoms with van der Waals surface area (Å²) in [7, 11) is 0. The Hall–Kier alpha value is -0.580. The Morgan fingerprint density at radius 1 is 1.44 bits per heavy atom. The van der Waals surface area contributed by atoms with Crippen LogP contribution >= 0.6 is 27.5 Å². The van der Waals surface area contributed by atoms with E-state index in [0.717, 1.165) is 17.3 Å². The highest BCUT2D eigenvalue weighted by molar-refractivity contribution is 9.10. The van der Waals surface area contributed by atoms with Gasteiger partial charge in [-0.2, -0.15) is 0 Å². The molecule has 0 aliphatic rings. The molecule has 0 saturated carbocycles. The zero-order valence-electron chi connectivity index (χ0n) is 8.80. The number of anilines is 1. The smallest absolute Gasteiger partial charge is 0.224 e. The van der Waals surface area contributed by atoms with E-state index in [2.05, 4.69) is 21.2 Å². The second-order valence-corrected chi connectivity index (χ2v) is 4.74. The van der Waals surface area contributed by atoms with Gasteiger partial charge in [-0.25, -0.2) is 0 Å². The Kier molecular flexibility index (Phi) is 5.80. The average Bonchev–Trinajstić information content (AvgIpc) is 2.23. The van der Waals surface area contributed by atoms with Crippen molar-refractivity contribution in [3.8, 4) is 0 Å². The fourth-order valence-corrected chi connectivity index (χ4v) is 1.95. The number of benzene rings is 1. The molecule has 3 nitrogen and oxygen atoms in total. The van der Waals surface area contributed by atoms with Gasteiger partial charge in [0.05, 0.1) is 10.7 Å². The Morgan fingerprint density at radius 3 is 2.81 bits per heavy atom. The zero-order valence-corrected chi connectivity index (χ0v) is 11.1. The molecule has 88 valence electrons. The van der Waals surface area contributed by atoms with Crippen molar-refractivity contribution in [1.29, 1.82) is 0 Å². The fraction of sp³-hybridized carbons (Fsp3) is 0.364. The summed E-state index contributed by atoms with van der Waals surface area (Å²) in [5, 5.41) is 3.29. The van der Waals surface area contributed by atoms with Gasteiger partial charge in [-0.15, -0.1) is 0 Å². The molecule has 1 rings (SSSR count). The Balaban J connectivity index is 2.49. The standard InChI is InChI=1S/C11H14BrClN2O/c12-8-4-5-10(9(13)7-8)15-11(16)3-1-2-6-14/h4-5,7H,1-3,6,14H2,(H,15,16). The van der Waals surface area contributed by atoms with Crippen LogP contribution in [0.15, 0.2) is 22.7 Å². The maximum atomic E-state index is 11.5. The highest BCUT2D eigenvalue weighted by Gasteiger charge is 2.05. The Morgan fingerprint density at radius 2 is 2.19 bits per heavy atom. The number of halogens is 2. The minimum atomic E-state index is -0.0299. The first-order valence-electron chi connectivity index (χ1n) is 5.08. The molecule has 0 spiro atoms. The van der Waals surface area contributed by atoms with Gasteiger partial charge < -0.3 is 11.1 Å². The predicted molar refractivity (Wildman–Crippen MR) is 70.7 cm³/mol. The molecule has 0 aliphatic heterocycles. The Labute approximate surface area is 108 Å². The second kappa shape index (κ2) is 6.89. The number of nitrogens with one attached hydrogen (secondary N) is 1. The van der Waals surface area contributed by atoms with E-state index < -0.39 is 0 Å². The first kappa shape index (κ1) is 13.5. The molecule has 0 unspecified atom stereocenters. The summed E-state index contributed by atoms with van der Waals surface area (Å²) in [6.07, 6.45) is 2.14. The van der Waals surface area contributed by atoms with Crippen molar-refractivity contribution in [3.63, 3.8) is 0 Å². The number of hydrogen-bond donors (Lipinski definition) is 2. The summed E-state index contributed by atoms with van der Waals surface area (Å²) in [5.74, 6) is -0.0299. The lowest BCUT2D eigenvalue weighted by molar-refractivity contribution is -0.116. The largest absolute Gasteiger partial charge is 0.330 e. The number of unbranched alkanes of at least 4 members (excludes halogenated alkanes) is 1. The van der Waals surface area contributed by atoms with Gasteiger partial charge in [-0.1, -0.05) is 27.5 Å². The van der Waals surface area contributed by atoms with Gasteiger partial charge in [-0.05, 0) is 37.6 Å². The fourth-order valence-electron chi connectivity index (χ4n) is 1.23. The molecule has 16 heavy (non-hydrogen) atoms. The highest BCUT2D eigenvalue weighted by Crippen LogP contribution is 2.25. The molecule has 0 saturated heterocycles. The van der Waals surface area contributed by atoms with E-state index >= 15 is 0 Å². The third-order valence-electron chi connectivity index (χ3n) is 2.06. The van der Waals surface area contributed by atoms with Crippen LogP contribution in [-0.4, -0.2) is 12.5 Å². The minimum absolute atomic E-state index is 0.0299. The molecule has 0 aliphatic carbocycles. The molecule has 0 aromatic heterocycles. The molecule has 1 amide bonds. The first-order valence-corrected chi connectivity index (χ1v) is 6.25. The molecule has 1 aromatic carbocycles. The summed E-state index contributed by atoms with van der Waals surface area (Å²) in [4.78, 5) is 11.5. The predicted octanol–water partition coefficient (Wildman–Crippen LogP) is 3.17. The van der Waals surface area contributed by atoms with Crippen LogP contribution in [0.1, 0.15) is 19.3 Å². The van der Waals surface area contributed by atoms with Crippen LogP contribution in [0.4, 0.5) is 5.69 Å². The van der Waals surface area contributed by atoms with Crippen LogP contribution < -0.4 is 11.1 Å². The highest BCUT2D eigenvalue weighted by atomic mass is 79.9. The van der Waals surface area contributed by atoms with E-state index in [1.807, 2.05) is 6.07 Å². The Bertz CT molecular complexity index is 371. The summed E-state index contributed by atoms with van der Waals surface area (Å²) < 4.78 is 0.888. The van der Waals surface area contributed by atoms with Gasteiger partial charge in [-0.3, -0.25) is 4.79 Å². The van der Waals surface area contributed by atoms with Crippen LogP contribution in [0.25, 0.3) is 0 Å². The lowest BCUT2D eigenvalue weighted by atomic mass is 10.2. The third kappa shape index (κ3) is 4.51. The van der Waals surface area contributed by atoms with Crippen molar-refractivity contribution in [2.45, 2.75) is 19.3 Å². The van der Waals surface area contributed by atoms with E-state index in [4.69, 9.17) is 17.3 Å². The van der Waals surface area contributed by atoms with Crippen LogP contribution in [0.3, 0.4) is 0 Å². The number of hydrogen-bond acceptors (Lipinski definition) is 2. The average molecular weight is 306 g/mol. The number of carbonyl (C=O) groups is 1. The first-order chi connectivity index (χ1) is 7.63. The van der Waals surface area contributed by atoms with Gasteiger partial charge in [0.15, 0.2) is 0 Å². The molecule has 5 heteroatoms. The molecular weight excluding hydrogens is 291 g/mol. The van der Waals surface area contributed by atoms with E-state index in [-0.39, 0.29) is 5.91 Å². The van der Waals surface area contributed by atoms with Crippen molar-refractivity contribution >= 4 is 39.1 Å². The van der Waals surface area contributed by atoms with Crippen molar-refractivity contribution < 1.29 is 4.79 Å². The van der Waals surface area contributed by atoms with Crippen molar-refractivity contribution in [1.82, 2.24) is 0 Å². The molecular formula is C11H14BrClN2O. The van der Waals surface area contributed by atoms with Crippen LogP contribution in [-0.2, 0) is 4.79 Å². The quantitative estimate of drug-likeness (QED) is 0.821. The van der Waals surface area contributed by atoms with E-state index in [1.54, 1.807) is 12.1 Å². The second-order valence-electron chi connectivity index (χ2n) is 3.42. The van der Waals surface area contributed by atoms with Crippen molar-refractivity contribution in [2.24, 2.45) is 5.73 Å². The third-order valence-corrected chi connectivity index (χ3v) is 2.87. The number of carbonyl (C=O) groups excluding carboxylic acids is 1. The summed E-state index contributed by atoms with van der Waals surface area (Å²) in [5.41, 5.74) is 5.99. The van der Waals surface area contributed by atoms with Gasteiger partial charge in [0.2, 0.25) is 5.91 Å².